The molecule has 0 fully saturated rings. The van der Waals surface area contributed by atoms with Crippen LogP contribution in [0.4, 0.5) is 0 Å². The average molecular weight is 236 g/mol. The summed E-state index contributed by atoms with van der Waals surface area (Å²) in [6.07, 6.45) is 0. The Morgan fingerprint density at radius 1 is 0.909 bits per heavy atom. The van der Waals surface area contributed by atoms with E-state index < -0.39 is 16.9 Å². The normalized spacial score (nSPS) is 10.8. The standard InChI is InChI=1S/Ca.H3O4P.H4O4Si.2H/c;2*1-5(2,3)4;;/h;(H3,1,2,3,4);1-4H;;. The maximum atomic E-state index is 8.88. The molecule has 8 nitrogen and oxygen atoms in total. The van der Waals surface area contributed by atoms with Gasteiger partial charge < -0.3 is 33.9 Å². The number of hydrogen-bond acceptors (Lipinski definition) is 5. The molecule has 11 heteroatoms. The van der Waals surface area contributed by atoms with Gasteiger partial charge in [0.15, 0.2) is 0 Å². The van der Waals surface area contributed by atoms with Crippen molar-refractivity contribution in [3.8, 4) is 0 Å². The first-order valence-corrected chi connectivity index (χ1v) is 5.03. The van der Waals surface area contributed by atoms with Gasteiger partial charge >= 0.3 is 54.6 Å². The molecule has 0 bridgehead atoms. The maximum absolute atomic E-state index is 8.88. The molecule has 0 rings (SSSR count). The van der Waals surface area contributed by atoms with Gasteiger partial charge in [-0.3, -0.25) is 0 Å². The summed E-state index contributed by atoms with van der Waals surface area (Å²) < 4.78 is 8.88. The Labute approximate surface area is 92.5 Å². The first-order chi connectivity index (χ1) is 4.00. The van der Waals surface area contributed by atoms with Gasteiger partial charge in [0.25, 0.3) is 0 Å². The predicted octanol–water partition coefficient (Wildman–Crippen LogP) is -4.45. The van der Waals surface area contributed by atoms with Crippen LogP contribution in [0, 0.1) is 0 Å². The van der Waals surface area contributed by atoms with Gasteiger partial charge in [0, 0.05) is 0 Å². The van der Waals surface area contributed by atoms with E-state index in [1.54, 1.807) is 0 Å². The SMILES string of the molecule is O=P(O)(O)O.O[Si](O)(O)O.[CaH2]. The Hall–Kier alpha value is 1.43. The van der Waals surface area contributed by atoms with Gasteiger partial charge in [0.1, 0.15) is 0 Å². The van der Waals surface area contributed by atoms with Crippen LogP contribution >= 0.6 is 7.82 Å². The van der Waals surface area contributed by atoms with Crippen LogP contribution in [0.3, 0.4) is 0 Å². The van der Waals surface area contributed by atoms with Crippen LogP contribution < -0.4 is 0 Å². The Morgan fingerprint density at radius 2 is 0.909 bits per heavy atom. The van der Waals surface area contributed by atoms with Crippen LogP contribution in [-0.4, -0.2) is 80.6 Å². The number of rotatable bonds is 0. The Balaban J connectivity index is -0.000000107. The minimum absolute atomic E-state index is 0. The molecule has 0 radical (unpaired) electrons. The van der Waals surface area contributed by atoms with E-state index in [-0.39, 0.29) is 37.7 Å². The monoisotopic (exact) mass is 236 g/mol. The molecule has 0 atom stereocenters. The van der Waals surface area contributed by atoms with Gasteiger partial charge in [-0.25, -0.2) is 4.57 Å². The fraction of sp³-hybridized carbons (Fsp3) is 0. The molecule has 0 aromatic rings. The van der Waals surface area contributed by atoms with Gasteiger partial charge in [-0.1, -0.05) is 0 Å². The summed E-state index contributed by atoms with van der Waals surface area (Å²) in [7, 11) is -9.25. The van der Waals surface area contributed by atoms with Gasteiger partial charge in [-0.05, 0) is 0 Å². The molecule has 0 aliphatic rings. The first-order valence-electron chi connectivity index (χ1n) is 1.68. The number of hydrogen-bond donors (Lipinski definition) is 7. The summed E-state index contributed by atoms with van der Waals surface area (Å²) in [6, 6.07) is 0. The molecule has 0 aliphatic heterocycles. The van der Waals surface area contributed by atoms with Crippen molar-refractivity contribution >= 4 is 54.6 Å². The van der Waals surface area contributed by atoms with Crippen LogP contribution in [0.2, 0.25) is 0 Å². The molecule has 0 unspecified atom stereocenters. The summed E-state index contributed by atoms with van der Waals surface area (Å²) in [6.45, 7) is 0. The molecule has 0 saturated carbocycles. The van der Waals surface area contributed by atoms with Gasteiger partial charge in [0.2, 0.25) is 0 Å². The topological polar surface area (TPSA) is 159 Å². The number of phosphoric acid groups is 1. The molecule has 0 amide bonds. The van der Waals surface area contributed by atoms with E-state index in [1.807, 2.05) is 0 Å². The molecule has 0 aromatic heterocycles. The van der Waals surface area contributed by atoms with E-state index in [9.17, 15) is 0 Å². The van der Waals surface area contributed by atoms with Crippen molar-refractivity contribution in [3.05, 3.63) is 0 Å². The zero-order chi connectivity index (χ0) is 9.00. The van der Waals surface area contributed by atoms with Crippen molar-refractivity contribution in [2.75, 3.05) is 0 Å². The van der Waals surface area contributed by atoms with Crippen LogP contribution in [0.15, 0.2) is 0 Å². The van der Waals surface area contributed by atoms with Crippen molar-refractivity contribution in [1.82, 2.24) is 0 Å². The van der Waals surface area contributed by atoms with Gasteiger partial charge in [0.05, 0.1) is 0 Å². The Morgan fingerprint density at radius 3 is 0.909 bits per heavy atom. The summed E-state index contributed by atoms with van der Waals surface area (Å²) in [4.78, 5) is 50.9. The van der Waals surface area contributed by atoms with E-state index in [4.69, 9.17) is 38.4 Å². The molecule has 0 aromatic carbocycles. The third-order valence-corrected chi connectivity index (χ3v) is 0. The Kier molecular flexibility index (Phi) is 11.4. The third-order valence-electron chi connectivity index (χ3n) is 0. The molecule has 68 valence electrons. The van der Waals surface area contributed by atoms with Crippen LogP contribution in [0.25, 0.3) is 0 Å². The predicted molar refractivity (Wildman–Crippen MR) is 37.4 cm³/mol. The van der Waals surface area contributed by atoms with E-state index in [1.165, 1.54) is 0 Å². The molecule has 0 aliphatic carbocycles. The molecule has 0 spiro atoms. The second kappa shape index (κ2) is 6.89. The molecule has 0 heterocycles. The minimum atomic E-state index is -4.64. The van der Waals surface area contributed by atoms with Crippen LogP contribution in [0.5, 0.6) is 0 Å². The van der Waals surface area contributed by atoms with E-state index in [2.05, 4.69) is 0 Å². The summed E-state index contributed by atoms with van der Waals surface area (Å²) in [5, 5.41) is 0. The first kappa shape index (κ1) is 18.3. The molecule has 7 N–H and O–H groups in total. The van der Waals surface area contributed by atoms with Crippen molar-refractivity contribution < 1.29 is 38.4 Å². The fourth-order valence-corrected chi connectivity index (χ4v) is 0. The Bertz CT molecular complexity index is 106. The van der Waals surface area contributed by atoms with Gasteiger partial charge in [-0.15, -0.1) is 0 Å². The second-order valence-corrected chi connectivity index (χ2v) is 3.34. The molecular formula is H9CaO8PSi. The van der Waals surface area contributed by atoms with E-state index in [0.29, 0.717) is 0 Å². The van der Waals surface area contributed by atoms with Gasteiger partial charge in [-0.2, -0.15) is 0 Å². The van der Waals surface area contributed by atoms with Crippen LogP contribution in [-0.2, 0) is 4.57 Å². The zero-order valence-corrected chi connectivity index (χ0v) is 6.38. The summed E-state index contributed by atoms with van der Waals surface area (Å²) in [5.74, 6) is 0. The van der Waals surface area contributed by atoms with Crippen molar-refractivity contribution in [3.63, 3.8) is 0 Å². The molecule has 11 heavy (non-hydrogen) atoms. The second-order valence-electron chi connectivity index (χ2n) is 1.11. The zero-order valence-electron chi connectivity index (χ0n) is 4.49. The summed E-state index contributed by atoms with van der Waals surface area (Å²) in [5.41, 5.74) is 0. The van der Waals surface area contributed by atoms with E-state index in [0.717, 1.165) is 0 Å². The molecular weight excluding hydrogens is 227 g/mol. The van der Waals surface area contributed by atoms with Crippen molar-refractivity contribution in [1.29, 1.82) is 0 Å². The van der Waals surface area contributed by atoms with E-state index >= 15 is 0 Å². The summed E-state index contributed by atoms with van der Waals surface area (Å²) >= 11 is 0. The third kappa shape index (κ3) is 499. The quantitative estimate of drug-likeness (QED) is 0.164. The average Bonchev–Trinajstić information content (AvgIpc) is 1.12. The molecule has 0 saturated heterocycles. The fourth-order valence-electron chi connectivity index (χ4n) is 0. The van der Waals surface area contributed by atoms with Crippen LogP contribution in [0.1, 0.15) is 0 Å². The van der Waals surface area contributed by atoms with Crippen molar-refractivity contribution in [2.45, 2.75) is 0 Å². The van der Waals surface area contributed by atoms with Crippen molar-refractivity contribution in [2.24, 2.45) is 0 Å².